The van der Waals surface area contributed by atoms with Crippen LogP contribution in [0.3, 0.4) is 0 Å². The van der Waals surface area contributed by atoms with E-state index in [1.807, 2.05) is 19.9 Å². The van der Waals surface area contributed by atoms with Gasteiger partial charge in [-0.05, 0) is 49.9 Å². The molecule has 1 fully saturated rings. The number of rotatable bonds is 3. The van der Waals surface area contributed by atoms with Crippen LogP contribution in [0.2, 0.25) is 0 Å². The van der Waals surface area contributed by atoms with Crippen LogP contribution in [-0.4, -0.2) is 35.0 Å². The molecule has 1 aromatic carbocycles. The van der Waals surface area contributed by atoms with Gasteiger partial charge >= 0.3 is 5.97 Å². The van der Waals surface area contributed by atoms with Gasteiger partial charge in [-0.25, -0.2) is 0 Å². The van der Waals surface area contributed by atoms with Crippen molar-refractivity contribution in [3.05, 3.63) is 35.1 Å². The molecule has 1 saturated heterocycles. The number of carboxylic acids is 1. The summed E-state index contributed by atoms with van der Waals surface area (Å²) in [7, 11) is 0. The van der Waals surface area contributed by atoms with Crippen LogP contribution in [0.5, 0.6) is 0 Å². The summed E-state index contributed by atoms with van der Waals surface area (Å²) in [5, 5.41) is 10.0. The monoisotopic (exact) mass is 315 g/mol. The van der Waals surface area contributed by atoms with Crippen molar-refractivity contribution in [1.29, 1.82) is 0 Å². The van der Waals surface area contributed by atoms with Gasteiger partial charge in [-0.1, -0.05) is 0 Å². The number of aliphatic carboxylic acids is 1. The molecule has 0 spiro atoms. The molecule has 5 heteroatoms. The topological polar surface area (TPSA) is 70.8 Å². The van der Waals surface area contributed by atoms with E-state index in [0.717, 1.165) is 16.5 Å². The summed E-state index contributed by atoms with van der Waals surface area (Å²) in [6.07, 6.45) is 3.02. The van der Waals surface area contributed by atoms with Gasteiger partial charge in [-0.15, -0.1) is 0 Å². The van der Waals surface area contributed by atoms with Crippen LogP contribution in [0.4, 0.5) is 0 Å². The molecule has 1 amide bonds. The van der Waals surface area contributed by atoms with E-state index >= 15 is 0 Å². The molecule has 0 aliphatic carbocycles. The Kier molecular flexibility index (Phi) is 4.11. The van der Waals surface area contributed by atoms with Crippen LogP contribution in [0.15, 0.2) is 22.8 Å². The zero-order chi connectivity index (χ0) is 16.6. The third kappa shape index (κ3) is 3.09. The fourth-order valence-corrected chi connectivity index (χ4v) is 3.12. The third-order valence-corrected chi connectivity index (χ3v) is 4.81. The maximum Gasteiger partial charge on any atom is 0.306 e. The molecule has 1 aliphatic heterocycles. The summed E-state index contributed by atoms with van der Waals surface area (Å²) >= 11 is 0. The second-order valence-corrected chi connectivity index (χ2v) is 6.36. The Morgan fingerprint density at radius 3 is 2.52 bits per heavy atom. The SMILES string of the molecule is Cc1cc2occ(CC(=O)N3CCC(C(=O)O)CC3)c2cc1C. The van der Waals surface area contributed by atoms with Gasteiger partial charge in [0, 0.05) is 24.0 Å². The smallest absolute Gasteiger partial charge is 0.306 e. The van der Waals surface area contributed by atoms with E-state index in [1.165, 1.54) is 11.1 Å². The van der Waals surface area contributed by atoms with Gasteiger partial charge in [-0.2, -0.15) is 0 Å². The number of aryl methyl sites for hydroxylation is 2. The lowest BCUT2D eigenvalue weighted by Crippen LogP contribution is -2.40. The molecule has 2 aromatic rings. The molecule has 1 N–H and O–H groups in total. The highest BCUT2D eigenvalue weighted by Crippen LogP contribution is 2.26. The van der Waals surface area contributed by atoms with Crippen molar-refractivity contribution in [2.75, 3.05) is 13.1 Å². The van der Waals surface area contributed by atoms with Crippen molar-refractivity contribution >= 4 is 22.8 Å². The number of likely N-dealkylation sites (tertiary alicyclic amines) is 1. The summed E-state index contributed by atoms with van der Waals surface area (Å²) in [6.45, 7) is 5.12. The van der Waals surface area contributed by atoms with E-state index in [-0.39, 0.29) is 11.8 Å². The minimum absolute atomic E-state index is 0.0368. The maximum absolute atomic E-state index is 12.5. The second kappa shape index (κ2) is 6.07. The van der Waals surface area contributed by atoms with Gasteiger partial charge in [0.05, 0.1) is 18.6 Å². The number of fused-ring (bicyclic) bond motifs is 1. The van der Waals surface area contributed by atoms with Crippen LogP contribution < -0.4 is 0 Å². The summed E-state index contributed by atoms with van der Waals surface area (Å²) in [5.74, 6) is -1.04. The van der Waals surface area contributed by atoms with Crippen LogP contribution in [0.1, 0.15) is 29.5 Å². The van der Waals surface area contributed by atoms with Gasteiger partial charge in [0.2, 0.25) is 5.91 Å². The third-order valence-electron chi connectivity index (χ3n) is 4.81. The minimum atomic E-state index is -0.760. The molecule has 23 heavy (non-hydrogen) atoms. The fraction of sp³-hybridized carbons (Fsp3) is 0.444. The Hall–Kier alpha value is -2.30. The van der Waals surface area contributed by atoms with E-state index < -0.39 is 5.97 Å². The largest absolute Gasteiger partial charge is 0.481 e. The predicted molar refractivity (Wildman–Crippen MR) is 86.3 cm³/mol. The number of amides is 1. The fourth-order valence-electron chi connectivity index (χ4n) is 3.12. The van der Waals surface area contributed by atoms with Crippen molar-refractivity contribution in [1.82, 2.24) is 4.90 Å². The van der Waals surface area contributed by atoms with Gasteiger partial charge in [0.1, 0.15) is 5.58 Å². The highest BCUT2D eigenvalue weighted by atomic mass is 16.4. The Balaban J connectivity index is 1.71. The lowest BCUT2D eigenvalue weighted by atomic mass is 9.96. The Bertz CT molecular complexity index is 754. The Morgan fingerprint density at radius 2 is 1.87 bits per heavy atom. The first-order valence-corrected chi connectivity index (χ1v) is 7.93. The van der Waals surface area contributed by atoms with Crippen molar-refractivity contribution < 1.29 is 19.1 Å². The first-order chi connectivity index (χ1) is 11.0. The highest BCUT2D eigenvalue weighted by Gasteiger charge is 2.27. The average molecular weight is 315 g/mol. The number of benzene rings is 1. The number of carbonyl (C=O) groups excluding carboxylic acids is 1. The van der Waals surface area contributed by atoms with E-state index in [2.05, 4.69) is 6.07 Å². The van der Waals surface area contributed by atoms with E-state index in [1.54, 1.807) is 11.2 Å². The molecule has 0 radical (unpaired) electrons. The van der Waals surface area contributed by atoms with Gasteiger partial charge in [0.15, 0.2) is 0 Å². The molecule has 0 unspecified atom stereocenters. The molecular formula is C18H21NO4. The number of piperidine rings is 1. The second-order valence-electron chi connectivity index (χ2n) is 6.36. The van der Waals surface area contributed by atoms with Crippen LogP contribution in [0, 0.1) is 19.8 Å². The molecule has 0 atom stereocenters. The summed E-state index contributed by atoms with van der Waals surface area (Å²) in [5.41, 5.74) is 4.05. The standard InChI is InChI=1S/C18H21NO4/c1-11-7-15-14(10-23-16(15)8-12(11)2)9-17(20)19-5-3-13(4-6-19)18(21)22/h7-8,10,13H,3-6,9H2,1-2H3,(H,21,22). The van der Waals surface area contributed by atoms with Gasteiger partial charge < -0.3 is 14.4 Å². The number of hydrogen-bond donors (Lipinski definition) is 1. The lowest BCUT2D eigenvalue weighted by Gasteiger charge is -2.30. The molecule has 5 nitrogen and oxygen atoms in total. The molecule has 2 heterocycles. The minimum Gasteiger partial charge on any atom is -0.481 e. The number of furan rings is 1. The molecule has 1 aliphatic rings. The normalized spacial score (nSPS) is 16.0. The number of nitrogens with zero attached hydrogens (tertiary/aromatic N) is 1. The summed E-state index contributed by atoms with van der Waals surface area (Å²) in [6, 6.07) is 4.06. The summed E-state index contributed by atoms with van der Waals surface area (Å²) < 4.78 is 5.57. The van der Waals surface area contributed by atoms with E-state index in [9.17, 15) is 9.59 Å². The molecular weight excluding hydrogens is 294 g/mol. The van der Waals surface area contributed by atoms with Crippen molar-refractivity contribution in [3.63, 3.8) is 0 Å². The van der Waals surface area contributed by atoms with Gasteiger partial charge in [0.25, 0.3) is 0 Å². The molecule has 1 aromatic heterocycles. The summed E-state index contributed by atoms with van der Waals surface area (Å²) in [4.78, 5) is 25.2. The van der Waals surface area contributed by atoms with E-state index in [0.29, 0.717) is 32.4 Å². The number of carbonyl (C=O) groups is 2. The van der Waals surface area contributed by atoms with Crippen LogP contribution >= 0.6 is 0 Å². The maximum atomic E-state index is 12.5. The van der Waals surface area contributed by atoms with Crippen LogP contribution in [0.25, 0.3) is 11.0 Å². The molecule has 122 valence electrons. The first kappa shape index (κ1) is 15.6. The quantitative estimate of drug-likeness (QED) is 0.945. The van der Waals surface area contributed by atoms with Crippen molar-refractivity contribution in [3.8, 4) is 0 Å². The Morgan fingerprint density at radius 1 is 1.22 bits per heavy atom. The highest BCUT2D eigenvalue weighted by molar-refractivity contribution is 5.88. The number of carboxylic acid groups (broad SMARTS) is 1. The van der Waals surface area contributed by atoms with Gasteiger partial charge in [-0.3, -0.25) is 9.59 Å². The first-order valence-electron chi connectivity index (χ1n) is 7.93. The van der Waals surface area contributed by atoms with Crippen LogP contribution in [-0.2, 0) is 16.0 Å². The zero-order valence-electron chi connectivity index (χ0n) is 13.5. The molecule has 3 rings (SSSR count). The average Bonchev–Trinajstić information content (AvgIpc) is 2.90. The number of hydrogen-bond acceptors (Lipinski definition) is 3. The lowest BCUT2D eigenvalue weighted by molar-refractivity contribution is -0.145. The van der Waals surface area contributed by atoms with Crippen molar-refractivity contribution in [2.45, 2.75) is 33.1 Å². The van der Waals surface area contributed by atoms with Crippen molar-refractivity contribution in [2.24, 2.45) is 5.92 Å². The Labute approximate surface area is 134 Å². The predicted octanol–water partition coefficient (Wildman–Crippen LogP) is 2.92. The zero-order valence-corrected chi connectivity index (χ0v) is 13.5. The molecule has 0 bridgehead atoms. The van der Waals surface area contributed by atoms with E-state index in [4.69, 9.17) is 9.52 Å². The molecule has 0 saturated carbocycles.